The van der Waals surface area contributed by atoms with Gasteiger partial charge in [0, 0.05) is 23.3 Å². The van der Waals surface area contributed by atoms with E-state index in [9.17, 15) is 32.1 Å². The van der Waals surface area contributed by atoms with Crippen LogP contribution in [-0.2, 0) is 10.0 Å². The summed E-state index contributed by atoms with van der Waals surface area (Å²) >= 11 is 1.55. The molecular formula is C27H21F2N3O5S2. The quantitative estimate of drug-likeness (QED) is 0.106. The van der Waals surface area contributed by atoms with E-state index in [-0.39, 0.29) is 5.69 Å². The van der Waals surface area contributed by atoms with Crippen LogP contribution >= 0.6 is 11.8 Å². The minimum absolute atomic E-state index is 0.112. The van der Waals surface area contributed by atoms with Crippen LogP contribution in [0.2, 0.25) is 0 Å². The monoisotopic (exact) mass is 569 g/mol. The van der Waals surface area contributed by atoms with Crippen molar-refractivity contribution in [2.75, 3.05) is 17.6 Å². The van der Waals surface area contributed by atoms with Crippen LogP contribution in [0.25, 0.3) is 11.1 Å². The average Bonchev–Trinajstić information content (AvgIpc) is 2.91. The van der Waals surface area contributed by atoms with Crippen molar-refractivity contribution in [2.24, 2.45) is 0 Å². The number of carbonyl (C=O) groups excluding carboxylic acids is 1. The Morgan fingerprint density at radius 2 is 1.59 bits per heavy atom. The third-order valence-corrected chi connectivity index (χ3v) is 7.87. The topological polar surface area (TPSA) is 118 Å². The number of amides is 1. The van der Waals surface area contributed by atoms with Crippen molar-refractivity contribution in [1.29, 1.82) is 0 Å². The van der Waals surface area contributed by atoms with Gasteiger partial charge in [-0.1, -0.05) is 36.4 Å². The number of nitro groups is 1. The van der Waals surface area contributed by atoms with Crippen LogP contribution in [-0.4, -0.2) is 31.5 Å². The molecule has 1 amide bonds. The maximum atomic E-state index is 14.7. The molecule has 0 bridgehead atoms. The van der Waals surface area contributed by atoms with E-state index in [1.54, 1.807) is 16.5 Å². The van der Waals surface area contributed by atoms with E-state index in [0.29, 0.717) is 23.4 Å². The van der Waals surface area contributed by atoms with Crippen molar-refractivity contribution in [3.05, 3.63) is 118 Å². The molecule has 0 saturated heterocycles. The summed E-state index contributed by atoms with van der Waals surface area (Å²) in [6, 6.07) is 21.5. The molecule has 0 aliphatic rings. The highest BCUT2D eigenvalue weighted by molar-refractivity contribution is 7.99. The molecule has 200 valence electrons. The summed E-state index contributed by atoms with van der Waals surface area (Å²) in [6.45, 7) is 0.371. The number of nitrogens with zero attached hydrogens (tertiary/aromatic N) is 1. The molecule has 0 heterocycles. The Balaban J connectivity index is 1.46. The second-order valence-electron chi connectivity index (χ2n) is 8.16. The highest BCUT2D eigenvalue weighted by Gasteiger charge is 2.25. The predicted molar refractivity (Wildman–Crippen MR) is 145 cm³/mol. The second kappa shape index (κ2) is 12.0. The van der Waals surface area contributed by atoms with Gasteiger partial charge in [-0.15, -0.1) is 11.8 Å². The van der Waals surface area contributed by atoms with Crippen molar-refractivity contribution in [3.8, 4) is 11.1 Å². The van der Waals surface area contributed by atoms with Gasteiger partial charge in [0.25, 0.3) is 21.6 Å². The number of thioether (sulfide) groups is 1. The number of halogens is 2. The minimum Gasteiger partial charge on any atom is -0.379 e. The molecule has 0 saturated carbocycles. The highest BCUT2D eigenvalue weighted by Crippen LogP contribution is 2.28. The zero-order valence-corrected chi connectivity index (χ0v) is 21.8. The maximum Gasteiger partial charge on any atom is 0.293 e. The summed E-state index contributed by atoms with van der Waals surface area (Å²) in [4.78, 5) is 24.0. The first-order valence-corrected chi connectivity index (χ1v) is 13.9. The van der Waals surface area contributed by atoms with Crippen LogP contribution in [0, 0.1) is 21.7 Å². The molecule has 0 aromatic heterocycles. The Morgan fingerprint density at radius 3 is 2.26 bits per heavy atom. The number of rotatable bonds is 10. The zero-order valence-electron chi connectivity index (χ0n) is 20.1. The lowest BCUT2D eigenvalue weighted by molar-refractivity contribution is -0.384. The molecule has 8 nitrogen and oxygen atoms in total. The zero-order chi connectivity index (χ0) is 28.0. The van der Waals surface area contributed by atoms with Gasteiger partial charge in [0.1, 0.15) is 17.3 Å². The molecule has 4 aromatic rings. The third kappa shape index (κ3) is 6.98. The SMILES string of the molecule is O=C(NS(=O)(=O)c1ccc(NCCSc2ccccc2)c([N+](=O)[O-])c1)c1ccc(-c2ccc(F)cc2)cc1F. The van der Waals surface area contributed by atoms with Crippen LogP contribution in [0.1, 0.15) is 10.4 Å². The van der Waals surface area contributed by atoms with Crippen molar-refractivity contribution in [1.82, 2.24) is 4.72 Å². The standard InChI is InChI=1S/C27H21F2N3O5S2/c28-20-9-6-18(7-10-20)19-8-12-23(24(29)16-19)27(33)31-39(36,37)22-11-13-25(26(17-22)32(34)35)30-14-15-38-21-4-2-1-3-5-21/h1-13,16-17,30H,14-15H2,(H,31,33). The van der Waals surface area contributed by atoms with Crippen LogP contribution in [0.15, 0.2) is 101 Å². The minimum atomic E-state index is -4.57. The summed E-state index contributed by atoms with van der Waals surface area (Å²) in [7, 11) is -4.57. The molecule has 4 aromatic carbocycles. The Hall–Kier alpha value is -4.29. The molecule has 12 heteroatoms. The molecule has 0 fully saturated rings. The molecular weight excluding hydrogens is 548 g/mol. The van der Waals surface area contributed by atoms with Crippen molar-refractivity contribution < 1.29 is 26.9 Å². The molecule has 0 aliphatic carbocycles. The lowest BCUT2D eigenvalue weighted by atomic mass is 10.0. The van der Waals surface area contributed by atoms with E-state index in [0.717, 1.165) is 29.2 Å². The molecule has 0 aliphatic heterocycles. The Kier molecular flexibility index (Phi) is 8.57. The van der Waals surface area contributed by atoms with Crippen LogP contribution in [0.4, 0.5) is 20.2 Å². The number of nitro benzene ring substituents is 1. The summed E-state index contributed by atoms with van der Waals surface area (Å²) in [5, 5.41) is 14.5. The lowest BCUT2D eigenvalue weighted by Crippen LogP contribution is -2.31. The number of anilines is 1. The summed E-state index contributed by atoms with van der Waals surface area (Å²) < 4.78 is 55.2. The van der Waals surface area contributed by atoms with Crippen LogP contribution < -0.4 is 10.0 Å². The first-order valence-electron chi connectivity index (χ1n) is 11.5. The van der Waals surface area contributed by atoms with E-state index in [1.165, 1.54) is 36.4 Å². The average molecular weight is 570 g/mol. The van der Waals surface area contributed by atoms with Crippen molar-refractivity contribution in [3.63, 3.8) is 0 Å². The molecule has 4 rings (SSSR count). The van der Waals surface area contributed by atoms with Crippen LogP contribution in [0.3, 0.4) is 0 Å². The van der Waals surface area contributed by atoms with Gasteiger partial charge >= 0.3 is 0 Å². The number of hydrogen-bond acceptors (Lipinski definition) is 7. The molecule has 39 heavy (non-hydrogen) atoms. The fraction of sp³-hybridized carbons (Fsp3) is 0.0741. The Morgan fingerprint density at radius 1 is 0.897 bits per heavy atom. The van der Waals surface area contributed by atoms with Gasteiger partial charge in [0.05, 0.1) is 15.4 Å². The fourth-order valence-electron chi connectivity index (χ4n) is 3.61. The molecule has 0 atom stereocenters. The molecule has 2 N–H and O–H groups in total. The van der Waals surface area contributed by atoms with Crippen molar-refractivity contribution in [2.45, 2.75) is 9.79 Å². The number of hydrogen-bond donors (Lipinski definition) is 2. The number of nitrogens with one attached hydrogen (secondary N) is 2. The van der Waals surface area contributed by atoms with Crippen LogP contribution in [0.5, 0.6) is 0 Å². The van der Waals surface area contributed by atoms with Gasteiger partial charge < -0.3 is 5.32 Å². The normalized spacial score (nSPS) is 11.1. The maximum absolute atomic E-state index is 14.7. The van der Waals surface area contributed by atoms with Gasteiger partial charge in [-0.25, -0.2) is 21.9 Å². The van der Waals surface area contributed by atoms with Gasteiger partial charge in [0.2, 0.25) is 0 Å². The number of benzene rings is 4. The summed E-state index contributed by atoms with van der Waals surface area (Å²) in [6.07, 6.45) is 0. The van der Waals surface area contributed by atoms with E-state index in [1.807, 2.05) is 30.3 Å². The smallest absolute Gasteiger partial charge is 0.293 e. The van der Waals surface area contributed by atoms with E-state index in [4.69, 9.17) is 0 Å². The third-order valence-electron chi connectivity index (χ3n) is 5.52. The van der Waals surface area contributed by atoms with E-state index < -0.39 is 48.6 Å². The first-order chi connectivity index (χ1) is 18.6. The van der Waals surface area contributed by atoms with E-state index in [2.05, 4.69) is 5.32 Å². The van der Waals surface area contributed by atoms with Crippen molar-refractivity contribution >= 4 is 39.1 Å². The van der Waals surface area contributed by atoms with E-state index >= 15 is 0 Å². The summed E-state index contributed by atoms with van der Waals surface area (Å²) in [5.41, 5.74) is -0.0818. The second-order valence-corrected chi connectivity index (χ2v) is 11.0. The Labute approximate surface area is 227 Å². The molecule has 0 spiro atoms. The molecule has 0 radical (unpaired) electrons. The largest absolute Gasteiger partial charge is 0.379 e. The fourth-order valence-corrected chi connectivity index (χ4v) is 5.38. The predicted octanol–water partition coefficient (Wildman–Crippen LogP) is 5.86. The lowest BCUT2D eigenvalue weighted by Gasteiger charge is -2.11. The van der Waals surface area contributed by atoms with Gasteiger partial charge in [-0.3, -0.25) is 14.9 Å². The molecule has 0 unspecified atom stereocenters. The van der Waals surface area contributed by atoms with Gasteiger partial charge in [-0.05, 0) is 59.7 Å². The Bertz CT molecular complexity index is 1620. The highest BCUT2D eigenvalue weighted by atomic mass is 32.2. The first kappa shape index (κ1) is 27.7. The van der Waals surface area contributed by atoms with Gasteiger partial charge in [-0.2, -0.15) is 0 Å². The number of sulfonamides is 1. The van der Waals surface area contributed by atoms with Gasteiger partial charge in [0.15, 0.2) is 0 Å². The summed E-state index contributed by atoms with van der Waals surface area (Å²) in [5.74, 6) is -2.11. The number of carbonyl (C=O) groups is 1.